The molecule has 0 unspecified atom stereocenters. The maximum Gasteiger partial charge on any atom is 0.159 e. The van der Waals surface area contributed by atoms with E-state index in [1.165, 1.54) is 60.4 Å². The van der Waals surface area contributed by atoms with Gasteiger partial charge in [0.1, 0.15) is 0 Å². The van der Waals surface area contributed by atoms with E-state index in [1.807, 2.05) is 24.3 Å². The lowest BCUT2D eigenvalue weighted by Gasteiger charge is -2.14. The maximum absolute atomic E-state index is 5.12. The molecule has 0 aliphatic rings. The standard InChI is InChI=1S/C65H46N4/c1-66-65(67-60(48-24-12-5-13-25-48)38-30-45-18-6-2-7-19-45)49-31-35-54(36-32-49)68-61-28-16-14-26-56(61)58-37-33-51(44-64(58)68)50-34-39-63-59(43-50)57-27-15-17-29-62(57)69(63)55-41-52(46-20-8-3-9-21-46)40-53(42-55)47-22-10-4-11-23-47/h2-29,31-44H,1,30H2/b60-38-,67-65?. The van der Waals surface area contributed by atoms with Crippen LogP contribution in [-0.2, 0) is 6.42 Å². The number of allylic oxidation sites excluding steroid dienone is 1. The van der Waals surface area contributed by atoms with Crippen LogP contribution in [0.4, 0.5) is 0 Å². The Balaban J connectivity index is 0.947. The minimum atomic E-state index is 0.575. The van der Waals surface area contributed by atoms with Gasteiger partial charge in [-0.2, -0.15) is 0 Å². The van der Waals surface area contributed by atoms with Crippen molar-refractivity contribution >= 4 is 61.9 Å². The minimum Gasteiger partial charge on any atom is -0.309 e. The summed E-state index contributed by atoms with van der Waals surface area (Å²) < 4.78 is 4.80. The Morgan fingerprint density at radius 3 is 1.51 bits per heavy atom. The average Bonchev–Trinajstić information content (AvgIpc) is 3.94. The molecule has 0 amide bonds. The summed E-state index contributed by atoms with van der Waals surface area (Å²) in [5, 5.41) is 4.84. The second-order valence-electron chi connectivity index (χ2n) is 17.5. The first-order valence-corrected chi connectivity index (χ1v) is 23.5. The van der Waals surface area contributed by atoms with Crippen molar-refractivity contribution in [2.45, 2.75) is 6.42 Å². The average molecular weight is 883 g/mol. The van der Waals surface area contributed by atoms with E-state index in [2.05, 4.69) is 251 Å². The summed E-state index contributed by atoms with van der Waals surface area (Å²) in [4.78, 5) is 9.58. The van der Waals surface area contributed by atoms with Crippen LogP contribution in [0.1, 0.15) is 16.7 Å². The number of para-hydroxylation sites is 2. The quantitative estimate of drug-likeness (QED) is 0.0969. The minimum absolute atomic E-state index is 0.575. The van der Waals surface area contributed by atoms with Crippen molar-refractivity contribution in [2.24, 2.45) is 9.98 Å². The van der Waals surface area contributed by atoms with Crippen LogP contribution in [0, 0.1) is 0 Å². The third-order valence-electron chi connectivity index (χ3n) is 13.3. The van der Waals surface area contributed by atoms with E-state index in [-0.39, 0.29) is 0 Å². The van der Waals surface area contributed by atoms with Crippen molar-refractivity contribution in [2.75, 3.05) is 0 Å². The second-order valence-corrected chi connectivity index (χ2v) is 17.5. The van der Waals surface area contributed by atoms with E-state index >= 15 is 0 Å². The molecule has 0 aliphatic heterocycles. The number of rotatable bonds is 10. The Labute approximate surface area is 401 Å². The Morgan fingerprint density at radius 1 is 0.362 bits per heavy atom. The van der Waals surface area contributed by atoms with Crippen molar-refractivity contribution in [3.63, 3.8) is 0 Å². The highest BCUT2D eigenvalue weighted by atomic mass is 15.0. The molecular weight excluding hydrogens is 837 g/mol. The molecule has 69 heavy (non-hydrogen) atoms. The van der Waals surface area contributed by atoms with Crippen LogP contribution in [0.5, 0.6) is 0 Å². The van der Waals surface area contributed by atoms with Crippen molar-refractivity contribution in [3.05, 3.63) is 271 Å². The van der Waals surface area contributed by atoms with Gasteiger partial charge in [-0.1, -0.05) is 182 Å². The van der Waals surface area contributed by atoms with Crippen molar-refractivity contribution in [1.82, 2.24) is 9.13 Å². The number of benzene rings is 10. The predicted molar refractivity (Wildman–Crippen MR) is 292 cm³/mol. The van der Waals surface area contributed by atoms with Crippen molar-refractivity contribution < 1.29 is 0 Å². The molecule has 0 N–H and O–H groups in total. The van der Waals surface area contributed by atoms with Gasteiger partial charge in [0.05, 0.1) is 27.8 Å². The molecule has 2 heterocycles. The molecule has 4 nitrogen and oxygen atoms in total. The Hall–Kier alpha value is -9.12. The summed E-state index contributed by atoms with van der Waals surface area (Å²) in [6.45, 7) is 3.96. The van der Waals surface area contributed by atoms with E-state index in [0.29, 0.717) is 5.84 Å². The van der Waals surface area contributed by atoms with Gasteiger partial charge in [0.2, 0.25) is 0 Å². The smallest absolute Gasteiger partial charge is 0.159 e. The zero-order valence-electron chi connectivity index (χ0n) is 38.0. The van der Waals surface area contributed by atoms with Gasteiger partial charge in [-0.3, -0.25) is 0 Å². The number of hydrogen-bond acceptors (Lipinski definition) is 1. The number of fused-ring (bicyclic) bond motifs is 6. The highest BCUT2D eigenvalue weighted by molar-refractivity contribution is 6.13. The Kier molecular flexibility index (Phi) is 10.7. The summed E-state index contributed by atoms with van der Waals surface area (Å²) in [6, 6.07) is 88.9. The molecule has 0 fully saturated rings. The number of hydrogen-bond donors (Lipinski definition) is 0. The molecule has 0 spiro atoms. The van der Waals surface area contributed by atoms with Gasteiger partial charge >= 0.3 is 0 Å². The van der Waals surface area contributed by atoms with Crippen LogP contribution >= 0.6 is 0 Å². The zero-order chi connectivity index (χ0) is 46.1. The van der Waals surface area contributed by atoms with Crippen LogP contribution < -0.4 is 0 Å². The summed E-state index contributed by atoms with van der Waals surface area (Å²) in [6.07, 6.45) is 2.92. The fourth-order valence-electron chi connectivity index (χ4n) is 9.92. The first-order valence-electron chi connectivity index (χ1n) is 23.5. The molecule has 10 aromatic carbocycles. The molecule has 0 atom stereocenters. The molecule has 0 saturated carbocycles. The highest BCUT2D eigenvalue weighted by Gasteiger charge is 2.18. The molecule has 0 radical (unpaired) electrons. The fourth-order valence-corrected chi connectivity index (χ4v) is 9.92. The van der Waals surface area contributed by atoms with Crippen LogP contribution in [0.3, 0.4) is 0 Å². The van der Waals surface area contributed by atoms with Gasteiger partial charge in [0, 0.05) is 38.5 Å². The molecule has 2 aromatic heterocycles. The molecule has 0 bridgehead atoms. The van der Waals surface area contributed by atoms with Crippen LogP contribution in [0.15, 0.2) is 265 Å². The third kappa shape index (κ3) is 7.84. The van der Waals surface area contributed by atoms with Crippen molar-refractivity contribution in [1.29, 1.82) is 0 Å². The van der Waals surface area contributed by atoms with Gasteiger partial charge in [-0.25, -0.2) is 9.98 Å². The summed E-state index contributed by atoms with van der Waals surface area (Å²) in [7, 11) is 0. The number of amidine groups is 1. The summed E-state index contributed by atoms with van der Waals surface area (Å²) in [5.74, 6) is 0.575. The lowest BCUT2D eigenvalue weighted by atomic mass is 9.98. The van der Waals surface area contributed by atoms with Gasteiger partial charge in [-0.15, -0.1) is 0 Å². The molecule has 4 heteroatoms. The summed E-state index contributed by atoms with van der Waals surface area (Å²) in [5.41, 5.74) is 17.9. The molecule has 0 saturated heterocycles. The van der Waals surface area contributed by atoms with Crippen molar-refractivity contribution in [3.8, 4) is 44.8 Å². The third-order valence-corrected chi connectivity index (χ3v) is 13.3. The normalized spacial score (nSPS) is 12.1. The Bertz CT molecular complexity index is 3840. The number of aliphatic imine (C=N–C) groups is 2. The largest absolute Gasteiger partial charge is 0.309 e. The first kappa shape index (κ1) is 41.3. The highest BCUT2D eigenvalue weighted by Crippen LogP contribution is 2.40. The molecule has 0 aliphatic carbocycles. The monoisotopic (exact) mass is 882 g/mol. The first-order chi connectivity index (χ1) is 34.2. The van der Waals surface area contributed by atoms with Gasteiger partial charge < -0.3 is 9.13 Å². The Morgan fingerprint density at radius 2 is 0.870 bits per heavy atom. The zero-order valence-corrected chi connectivity index (χ0v) is 38.0. The SMILES string of the molecule is C=NC(=N/C(=C\Cc1ccccc1)c1ccccc1)c1ccc(-n2c3ccccc3c3ccc(-c4ccc5c(c4)c4ccccc4n5-c4cc(-c5ccccc5)cc(-c5ccccc5)c4)cc32)cc1. The van der Waals surface area contributed by atoms with Gasteiger partial charge in [0.25, 0.3) is 0 Å². The fraction of sp³-hybridized carbons (Fsp3) is 0.0154. The van der Waals surface area contributed by atoms with E-state index in [4.69, 9.17) is 4.99 Å². The summed E-state index contributed by atoms with van der Waals surface area (Å²) >= 11 is 0. The van der Waals surface area contributed by atoms with Gasteiger partial charge in [0.15, 0.2) is 5.84 Å². The maximum atomic E-state index is 5.12. The second kappa shape index (κ2) is 17.9. The topological polar surface area (TPSA) is 34.6 Å². The molecule has 12 aromatic rings. The van der Waals surface area contributed by atoms with Crippen LogP contribution in [0.25, 0.3) is 94.1 Å². The lowest BCUT2D eigenvalue weighted by molar-refractivity contribution is 1.18. The van der Waals surface area contributed by atoms with E-state index in [9.17, 15) is 0 Å². The predicted octanol–water partition coefficient (Wildman–Crippen LogP) is 16.6. The van der Waals surface area contributed by atoms with Gasteiger partial charge in [-0.05, 0) is 130 Å². The van der Waals surface area contributed by atoms with E-state index in [1.54, 1.807) is 0 Å². The molecule has 326 valence electrons. The van der Waals surface area contributed by atoms with Crippen LogP contribution in [0.2, 0.25) is 0 Å². The van der Waals surface area contributed by atoms with Crippen LogP contribution in [-0.4, -0.2) is 21.7 Å². The molecule has 12 rings (SSSR count). The lowest BCUT2D eigenvalue weighted by Crippen LogP contribution is -2.00. The molecular formula is C65H46N4. The number of aromatic nitrogens is 2. The van der Waals surface area contributed by atoms with E-state index in [0.717, 1.165) is 56.8 Å². The van der Waals surface area contributed by atoms with E-state index < -0.39 is 0 Å². The number of nitrogens with zero attached hydrogens (tertiary/aromatic N) is 4.